The van der Waals surface area contributed by atoms with Crippen molar-refractivity contribution in [2.45, 2.75) is 6.42 Å². The van der Waals surface area contributed by atoms with Gasteiger partial charge in [0, 0.05) is 22.8 Å². The number of rotatable bonds is 7. The molecule has 6 heteroatoms. The monoisotopic (exact) mass is 335 g/mol. The fraction of sp³-hybridized carbons (Fsp3) is 0.286. The second-order valence-corrected chi connectivity index (χ2v) is 5.22. The summed E-state index contributed by atoms with van der Waals surface area (Å²) < 4.78 is 1.05. The van der Waals surface area contributed by atoms with Crippen LogP contribution in [0.1, 0.15) is 6.42 Å². The third-order valence-electron chi connectivity index (χ3n) is 2.69. The van der Waals surface area contributed by atoms with Crippen molar-refractivity contribution in [3.05, 3.63) is 41.1 Å². The van der Waals surface area contributed by atoms with Gasteiger partial charge in [0.05, 0.1) is 0 Å². The smallest absolute Gasteiger partial charge is 0.135 e. The number of anilines is 3. The van der Waals surface area contributed by atoms with E-state index in [1.165, 1.54) is 0 Å². The fourth-order valence-electron chi connectivity index (χ4n) is 1.69. The van der Waals surface area contributed by atoms with Crippen LogP contribution in [0.25, 0.3) is 0 Å². The molecule has 0 radical (unpaired) electrons. The van der Waals surface area contributed by atoms with Crippen molar-refractivity contribution in [3.8, 4) is 0 Å². The summed E-state index contributed by atoms with van der Waals surface area (Å²) in [6.45, 7) is 1.87. The largest absolute Gasteiger partial charge is 0.370 e. The number of benzene rings is 1. The van der Waals surface area contributed by atoms with Gasteiger partial charge >= 0.3 is 0 Å². The molecule has 5 nitrogen and oxygen atoms in total. The highest BCUT2D eigenvalue weighted by atomic mass is 79.9. The van der Waals surface area contributed by atoms with Crippen molar-refractivity contribution in [1.82, 2.24) is 15.3 Å². The Hall–Kier alpha value is -1.66. The normalized spacial score (nSPS) is 10.3. The van der Waals surface area contributed by atoms with Gasteiger partial charge in [0.1, 0.15) is 18.0 Å². The molecule has 0 bridgehead atoms. The van der Waals surface area contributed by atoms with E-state index in [4.69, 9.17) is 0 Å². The molecule has 3 N–H and O–H groups in total. The Balaban J connectivity index is 1.93. The van der Waals surface area contributed by atoms with Crippen molar-refractivity contribution < 1.29 is 0 Å². The molecular formula is C14H18BrN5. The molecule has 0 spiro atoms. The number of hydrogen-bond acceptors (Lipinski definition) is 5. The van der Waals surface area contributed by atoms with E-state index in [-0.39, 0.29) is 0 Å². The Bertz CT molecular complexity index is 529. The van der Waals surface area contributed by atoms with Crippen molar-refractivity contribution >= 4 is 33.3 Å². The fourth-order valence-corrected chi connectivity index (χ4v) is 1.95. The molecule has 0 saturated carbocycles. The first-order valence-electron chi connectivity index (χ1n) is 6.51. The van der Waals surface area contributed by atoms with E-state index in [2.05, 4.69) is 41.8 Å². The minimum absolute atomic E-state index is 0.776. The molecule has 1 aromatic heterocycles. The lowest BCUT2D eigenvalue weighted by molar-refractivity contribution is 0.746. The molecule has 0 atom stereocenters. The molecule has 0 fully saturated rings. The molecule has 0 aliphatic rings. The van der Waals surface area contributed by atoms with Crippen LogP contribution in [-0.4, -0.2) is 30.1 Å². The number of nitrogens with zero attached hydrogens (tertiary/aromatic N) is 2. The molecule has 2 rings (SSSR count). The highest BCUT2D eigenvalue weighted by Crippen LogP contribution is 2.18. The Labute approximate surface area is 127 Å². The Kier molecular flexibility index (Phi) is 5.76. The summed E-state index contributed by atoms with van der Waals surface area (Å²) in [7, 11) is 1.95. The van der Waals surface area contributed by atoms with E-state index in [9.17, 15) is 0 Å². The van der Waals surface area contributed by atoms with Gasteiger partial charge < -0.3 is 16.0 Å². The highest BCUT2D eigenvalue weighted by Gasteiger charge is 1.99. The van der Waals surface area contributed by atoms with Crippen LogP contribution in [-0.2, 0) is 0 Å². The first kappa shape index (κ1) is 14.7. The Morgan fingerprint density at radius 3 is 2.55 bits per heavy atom. The lowest BCUT2D eigenvalue weighted by Gasteiger charge is -2.08. The molecule has 106 valence electrons. The van der Waals surface area contributed by atoms with E-state index in [0.717, 1.165) is 41.3 Å². The van der Waals surface area contributed by atoms with Crippen LogP contribution in [0.4, 0.5) is 17.3 Å². The van der Waals surface area contributed by atoms with Crippen LogP contribution >= 0.6 is 15.9 Å². The van der Waals surface area contributed by atoms with Crippen LogP contribution in [0.2, 0.25) is 0 Å². The Morgan fingerprint density at radius 1 is 1.05 bits per heavy atom. The minimum atomic E-state index is 0.776. The van der Waals surface area contributed by atoms with Gasteiger partial charge in [-0.1, -0.05) is 15.9 Å². The second-order valence-electron chi connectivity index (χ2n) is 4.30. The van der Waals surface area contributed by atoms with Gasteiger partial charge in [0.15, 0.2) is 0 Å². The van der Waals surface area contributed by atoms with Crippen LogP contribution in [0.15, 0.2) is 41.1 Å². The summed E-state index contributed by atoms with van der Waals surface area (Å²) in [5, 5.41) is 9.64. The summed E-state index contributed by atoms with van der Waals surface area (Å²) in [5.41, 5.74) is 0.994. The van der Waals surface area contributed by atoms with E-state index in [1.807, 2.05) is 37.4 Å². The maximum absolute atomic E-state index is 4.22. The van der Waals surface area contributed by atoms with Crippen molar-refractivity contribution in [2.24, 2.45) is 0 Å². The molecule has 0 unspecified atom stereocenters. The van der Waals surface area contributed by atoms with Gasteiger partial charge in [-0.25, -0.2) is 9.97 Å². The molecule has 1 aromatic carbocycles. The lowest BCUT2D eigenvalue weighted by Crippen LogP contribution is -2.13. The van der Waals surface area contributed by atoms with Gasteiger partial charge in [-0.3, -0.25) is 0 Å². The van der Waals surface area contributed by atoms with Gasteiger partial charge in [-0.15, -0.1) is 0 Å². The third-order valence-corrected chi connectivity index (χ3v) is 3.22. The van der Waals surface area contributed by atoms with Crippen LogP contribution in [0.5, 0.6) is 0 Å². The van der Waals surface area contributed by atoms with Crippen LogP contribution < -0.4 is 16.0 Å². The summed E-state index contributed by atoms with van der Waals surface area (Å²) in [6.07, 6.45) is 2.61. The number of aromatic nitrogens is 2. The maximum Gasteiger partial charge on any atom is 0.135 e. The SMILES string of the molecule is CNCCCNc1cc(Nc2ccc(Br)cc2)ncn1. The number of nitrogens with one attached hydrogen (secondary N) is 3. The molecular weight excluding hydrogens is 318 g/mol. The van der Waals surface area contributed by atoms with Gasteiger partial charge in [0.25, 0.3) is 0 Å². The second kappa shape index (κ2) is 7.81. The van der Waals surface area contributed by atoms with Crippen LogP contribution in [0, 0.1) is 0 Å². The Morgan fingerprint density at radius 2 is 1.80 bits per heavy atom. The summed E-state index contributed by atoms with van der Waals surface area (Å²) in [5.74, 6) is 1.61. The first-order valence-corrected chi connectivity index (χ1v) is 7.30. The third kappa shape index (κ3) is 4.79. The minimum Gasteiger partial charge on any atom is -0.370 e. The molecule has 2 aromatic rings. The quantitative estimate of drug-likeness (QED) is 0.679. The van der Waals surface area contributed by atoms with E-state index in [1.54, 1.807) is 6.33 Å². The predicted molar refractivity (Wildman–Crippen MR) is 86.5 cm³/mol. The zero-order chi connectivity index (χ0) is 14.2. The van der Waals surface area contributed by atoms with Crippen molar-refractivity contribution in [2.75, 3.05) is 30.8 Å². The molecule has 1 heterocycles. The maximum atomic E-state index is 4.22. The van der Waals surface area contributed by atoms with E-state index < -0.39 is 0 Å². The summed E-state index contributed by atoms with van der Waals surface area (Å²) in [4.78, 5) is 8.42. The number of hydrogen-bond donors (Lipinski definition) is 3. The average Bonchev–Trinajstić information content (AvgIpc) is 2.47. The molecule has 20 heavy (non-hydrogen) atoms. The molecule has 0 aliphatic heterocycles. The average molecular weight is 336 g/mol. The lowest BCUT2D eigenvalue weighted by atomic mass is 10.3. The van der Waals surface area contributed by atoms with E-state index >= 15 is 0 Å². The summed E-state index contributed by atoms with van der Waals surface area (Å²) in [6, 6.07) is 9.86. The molecule has 0 saturated heterocycles. The van der Waals surface area contributed by atoms with E-state index in [0.29, 0.717) is 0 Å². The topological polar surface area (TPSA) is 61.9 Å². The standard InChI is InChI=1S/C14H18BrN5/c1-16-7-2-8-17-13-9-14(19-10-18-13)20-12-5-3-11(15)4-6-12/h3-6,9-10,16H,2,7-8H2,1H3,(H2,17,18,19,20). The van der Waals surface area contributed by atoms with Crippen LogP contribution in [0.3, 0.4) is 0 Å². The van der Waals surface area contributed by atoms with Gasteiger partial charge in [-0.2, -0.15) is 0 Å². The zero-order valence-electron chi connectivity index (χ0n) is 11.4. The molecule has 0 aliphatic carbocycles. The summed E-state index contributed by atoms with van der Waals surface area (Å²) >= 11 is 3.42. The highest BCUT2D eigenvalue weighted by molar-refractivity contribution is 9.10. The predicted octanol–water partition coefficient (Wildman–Crippen LogP) is 3.00. The first-order chi connectivity index (χ1) is 9.78. The van der Waals surface area contributed by atoms with Gasteiger partial charge in [-0.05, 0) is 44.3 Å². The number of halogens is 1. The van der Waals surface area contributed by atoms with Gasteiger partial charge in [0.2, 0.25) is 0 Å². The van der Waals surface area contributed by atoms with Crippen molar-refractivity contribution in [3.63, 3.8) is 0 Å². The zero-order valence-corrected chi connectivity index (χ0v) is 12.9. The molecule has 0 amide bonds. The van der Waals surface area contributed by atoms with Crippen molar-refractivity contribution in [1.29, 1.82) is 0 Å².